The molecule has 0 fully saturated rings. The van der Waals surface area contributed by atoms with Gasteiger partial charge in [0.15, 0.2) is 0 Å². The van der Waals surface area contributed by atoms with E-state index in [-0.39, 0.29) is 33.8 Å². The SMILES string of the molecule is CC(C)(C)c1ccc(N2c3cccc4c3B(c3cc(C(C)(C)C)ccc3O4)c3cc(-n4c5ccc(C(C)(C)C)cc5c5cc(C(C)(C)C)ccc54)c4c(c32)C(C)(C)c2ccccc2-4)cc1. The highest BCUT2D eigenvalue weighted by atomic mass is 16.5. The van der Waals surface area contributed by atoms with Crippen molar-refractivity contribution in [2.24, 2.45) is 0 Å². The summed E-state index contributed by atoms with van der Waals surface area (Å²) in [5.74, 6) is 1.86. The topological polar surface area (TPSA) is 17.4 Å². The second-order valence-electron chi connectivity index (χ2n) is 23.9. The number of ether oxygens (including phenoxy) is 1. The normalized spacial score (nSPS) is 15.1. The maximum Gasteiger partial charge on any atom is 0.256 e. The van der Waals surface area contributed by atoms with Gasteiger partial charge in [-0.25, -0.2) is 0 Å². The molecule has 3 heterocycles. The fourth-order valence-corrected chi connectivity index (χ4v) is 11.3. The predicted octanol–water partition coefficient (Wildman–Crippen LogP) is 14.7. The van der Waals surface area contributed by atoms with E-state index in [0.717, 1.165) is 17.2 Å². The van der Waals surface area contributed by atoms with Crippen molar-refractivity contribution < 1.29 is 4.74 Å². The minimum Gasteiger partial charge on any atom is -0.458 e. The number of aromatic nitrogens is 1. The number of nitrogens with zero attached hydrogens (tertiary/aromatic N) is 2. The second-order valence-corrected chi connectivity index (χ2v) is 23.9. The molecule has 0 saturated carbocycles. The Balaban J connectivity index is 1.33. The van der Waals surface area contributed by atoms with Crippen LogP contribution in [0, 0.1) is 0 Å². The highest BCUT2D eigenvalue weighted by molar-refractivity contribution is 6.99. The molecule has 8 aromatic rings. The minimum absolute atomic E-state index is 0.00226. The lowest BCUT2D eigenvalue weighted by molar-refractivity contribution is 0.486. The van der Waals surface area contributed by atoms with Crippen molar-refractivity contribution in [3.8, 4) is 28.3 Å². The third-order valence-corrected chi connectivity index (χ3v) is 15.0. The van der Waals surface area contributed by atoms with Gasteiger partial charge in [0.05, 0.1) is 16.7 Å². The Morgan fingerprint density at radius 3 is 1.65 bits per heavy atom. The van der Waals surface area contributed by atoms with E-state index in [1.807, 2.05) is 0 Å². The van der Waals surface area contributed by atoms with E-state index in [1.165, 1.54) is 99.8 Å². The number of rotatable bonds is 2. The summed E-state index contributed by atoms with van der Waals surface area (Å²) in [6.45, 7) is 32.7. The minimum atomic E-state index is -0.330. The van der Waals surface area contributed by atoms with Crippen LogP contribution >= 0.6 is 0 Å². The summed E-state index contributed by atoms with van der Waals surface area (Å²) in [5, 5.41) is 2.60. The number of anilines is 3. The first-order valence-electron chi connectivity index (χ1n) is 23.8. The molecular formula is C61H63BN2O. The molecule has 0 spiro atoms. The zero-order valence-electron chi connectivity index (χ0n) is 41.0. The highest BCUT2D eigenvalue weighted by Crippen LogP contribution is 2.57. The highest BCUT2D eigenvalue weighted by Gasteiger charge is 2.49. The smallest absolute Gasteiger partial charge is 0.256 e. The van der Waals surface area contributed by atoms with E-state index in [2.05, 4.69) is 234 Å². The molecule has 4 heteroatoms. The molecule has 7 aromatic carbocycles. The molecule has 3 aliphatic rings. The standard InChI is InChI=1S/C61H63BN2O/c1-57(2,3)36-22-27-40(28-23-36)63-49-20-17-21-52-55(49)62(45-34-39(60(10,11)12)26-31-51(45)65-52)46-35-50(53-41-18-15-16-19-44(41)61(13,14)54(53)56(46)63)64-47-29-24-37(58(4,5)6)32-42(47)43-33-38(59(7,8)9)25-30-48(43)64/h15-35H,1-14H3. The molecular weight excluding hydrogens is 787 g/mol. The van der Waals surface area contributed by atoms with E-state index in [0.29, 0.717) is 0 Å². The van der Waals surface area contributed by atoms with Crippen LogP contribution < -0.4 is 26.0 Å². The molecule has 11 rings (SSSR count). The Bertz CT molecular complexity index is 3230. The van der Waals surface area contributed by atoms with Crippen LogP contribution in [0.5, 0.6) is 11.5 Å². The maximum atomic E-state index is 7.00. The van der Waals surface area contributed by atoms with E-state index in [9.17, 15) is 0 Å². The van der Waals surface area contributed by atoms with Crippen LogP contribution in [0.15, 0.2) is 127 Å². The molecule has 0 unspecified atom stereocenters. The van der Waals surface area contributed by atoms with E-state index >= 15 is 0 Å². The van der Waals surface area contributed by atoms with Gasteiger partial charge in [-0.1, -0.05) is 164 Å². The third-order valence-electron chi connectivity index (χ3n) is 15.0. The molecule has 0 N–H and O–H groups in total. The van der Waals surface area contributed by atoms with Crippen molar-refractivity contribution in [2.75, 3.05) is 4.90 Å². The first-order valence-corrected chi connectivity index (χ1v) is 23.8. The van der Waals surface area contributed by atoms with Crippen LogP contribution in [-0.4, -0.2) is 11.3 Å². The van der Waals surface area contributed by atoms with Crippen molar-refractivity contribution in [1.29, 1.82) is 0 Å². The summed E-state index contributed by atoms with van der Waals surface area (Å²) < 4.78 is 9.62. The van der Waals surface area contributed by atoms with Crippen LogP contribution in [0.2, 0.25) is 0 Å². The Hall–Kier alpha value is -6.00. The van der Waals surface area contributed by atoms with Gasteiger partial charge in [-0.05, 0) is 138 Å². The first kappa shape index (κ1) is 41.7. The maximum absolute atomic E-state index is 7.00. The summed E-state index contributed by atoms with van der Waals surface area (Å²) in [4.78, 5) is 2.59. The van der Waals surface area contributed by atoms with E-state index in [4.69, 9.17) is 4.74 Å². The summed E-state index contributed by atoms with van der Waals surface area (Å²) >= 11 is 0. The number of benzene rings is 7. The Kier molecular flexibility index (Phi) is 8.68. The molecule has 0 radical (unpaired) electrons. The van der Waals surface area contributed by atoms with Gasteiger partial charge in [0, 0.05) is 38.8 Å². The molecule has 2 aliphatic heterocycles. The van der Waals surface area contributed by atoms with Crippen molar-refractivity contribution in [1.82, 2.24) is 4.57 Å². The first-order chi connectivity index (χ1) is 30.5. The number of fused-ring (bicyclic) bond motifs is 11. The van der Waals surface area contributed by atoms with Crippen LogP contribution in [0.3, 0.4) is 0 Å². The van der Waals surface area contributed by atoms with Crippen molar-refractivity contribution >= 4 is 62.0 Å². The van der Waals surface area contributed by atoms with Gasteiger partial charge >= 0.3 is 0 Å². The largest absolute Gasteiger partial charge is 0.458 e. The van der Waals surface area contributed by atoms with E-state index in [1.54, 1.807) is 0 Å². The summed E-state index contributed by atoms with van der Waals surface area (Å²) in [6.07, 6.45) is 0. The van der Waals surface area contributed by atoms with Crippen LogP contribution in [-0.2, 0) is 27.1 Å². The predicted molar refractivity (Wildman–Crippen MR) is 279 cm³/mol. The summed E-state index contributed by atoms with van der Waals surface area (Å²) in [6, 6.07) is 49.3. The fourth-order valence-electron chi connectivity index (χ4n) is 11.3. The molecule has 0 bridgehead atoms. The summed E-state index contributed by atoms with van der Waals surface area (Å²) in [5.41, 5.74) is 21.4. The Labute approximate surface area is 387 Å². The van der Waals surface area contributed by atoms with Crippen LogP contribution in [0.1, 0.15) is 130 Å². The molecule has 1 aliphatic carbocycles. The van der Waals surface area contributed by atoms with Gasteiger partial charge in [-0.3, -0.25) is 0 Å². The number of hydrogen-bond donors (Lipinski definition) is 0. The van der Waals surface area contributed by atoms with Crippen molar-refractivity contribution in [3.63, 3.8) is 0 Å². The average molecular weight is 851 g/mol. The van der Waals surface area contributed by atoms with Gasteiger partial charge < -0.3 is 14.2 Å². The van der Waals surface area contributed by atoms with Crippen LogP contribution in [0.4, 0.5) is 17.1 Å². The second kappa shape index (κ2) is 13.5. The molecule has 3 nitrogen and oxygen atoms in total. The van der Waals surface area contributed by atoms with Crippen molar-refractivity contribution in [3.05, 3.63) is 161 Å². The molecule has 0 saturated heterocycles. The monoisotopic (exact) mass is 851 g/mol. The Morgan fingerprint density at radius 1 is 0.492 bits per heavy atom. The summed E-state index contributed by atoms with van der Waals surface area (Å²) in [7, 11) is 0. The molecule has 326 valence electrons. The zero-order valence-corrected chi connectivity index (χ0v) is 41.0. The van der Waals surface area contributed by atoms with Crippen molar-refractivity contribution in [2.45, 2.75) is 124 Å². The fraction of sp³-hybridized carbons (Fsp3) is 0.311. The van der Waals surface area contributed by atoms with Gasteiger partial charge in [0.25, 0.3) is 6.71 Å². The quantitative estimate of drug-likeness (QED) is 0.161. The lowest BCUT2D eigenvalue weighted by atomic mass is 9.33. The number of hydrogen-bond acceptors (Lipinski definition) is 2. The molecule has 0 amide bonds. The van der Waals surface area contributed by atoms with Crippen LogP contribution in [0.25, 0.3) is 38.6 Å². The Morgan fingerprint density at radius 2 is 1.05 bits per heavy atom. The molecule has 65 heavy (non-hydrogen) atoms. The van der Waals surface area contributed by atoms with Gasteiger partial charge in [-0.2, -0.15) is 0 Å². The lowest BCUT2D eigenvalue weighted by Crippen LogP contribution is -2.60. The zero-order chi connectivity index (χ0) is 45.9. The van der Waals surface area contributed by atoms with Gasteiger partial charge in [0.1, 0.15) is 11.5 Å². The van der Waals surface area contributed by atoms with Gasteiger partial charge in [0.2, 0.25) is 0 Å². The molecule has 1 aromatic heterocycles. The lowest BCUT2D eigenvalue weighted by Gasteiger charge is -2.43. The average Bonchev–Trinajstić information content (AvgIpc) is 3.70. The van der Waals surface area contributed by atoms with E-state index < -0.39 is 0 Å². The van der Waals surface area contributed by atoms with Gasteiger partial charge in [-0.15, -0.1) is 0 Å². The molecule has 0 atom stereocenters. The third kappa shape index (κ3) is 6.15.